The molecule has 10 heteroatoms. The Hall–Kier alpha value is -2.98. The molecule has 0 unspecified atom stereocenters. The van der Waals surface area contributed by atoms with Gasteiger partial charge >= 0.3 is 0 Å². The Kier molecular flexibility index (Phi) is 5.96. The quantitative estimate of drug-likeness (QED) is 0.710. The molecule has 0 saturated carbocycles. The number of hydrazine groups is 1. The molecule has 0 fully saturated rings. The monoisotopic (exact) mass is 440 g/mol. The first-order chi connectivity index (χ1) is 14.5. The lowest BCUT2D eigenvalue weighted by molar-refractivity contribution is -0.116. The smallest absolute Gasteiger partial charge is 0.227 e. The van der Waals surface area contributed by atoms with E-state index in [2.05, 4.69) is 0 Å². The van der Waals surface area contributed by atoms with Gasteiger partial charge in [-0.1, -0.05) is 84.2 Å². The van der Waals surface area contributed by atoms with Gasteiger partial charge in [0.1, 0.15) is 0 Å². The Morgan fingerprint density at radius 1 is 0.733 bits per heavy atom. The molecule has 2 aliphatic heterocycles. The minimum absolute atomic E-state index is 0.107. The third-order valence-corrected chi connectivity index (χ3v) is 6.39. The summed E-state index contributed by atoms with van der Waals surface area (Å²) in [6, 6.07) is 19.6. The molecule has 2 aromatic rings. The van der Waals surface area contributed by atoms with Crippen molar-refractivity contribution in [3.8, 4) is 0 Å². The summed E-state index contributed by atoms with van der Waals surface area (Å²) in [5.41, 5.74) is 12.7. The third kappa shape index (κ3) is 4.14. The number of nitrogens with two attached hydrogens (primary N) is 2. The van der Waals surface area contributed by atoms with Gasteiger partial charge in [0, 0.05) is 0 Å². The number of hydrogen-bond acceptors (Lipinski definition) is 8. The summed E-state index contributed by atoms with van der Waals surface area (Å²) in [6.45, 7) is 0. The average molecular weight is 441 g/mol. The van der Waals surface area contributed by atoms with E-state index in [0.717, 1.165) is 11.1 Å². The highest BCUT2D eigenvalue weighted by Gasteiger charge is 2.46. The second-order valence-electron chi connectivity index (χ2n) is 6.59. The molecule has 154 valence electrons. The minimum atomic E-state index is -0.419. The van der Waals surface area contributed by atoms with Crippen LogP contribution in [0.3, 0.4) is 0 Å². The van der Waals surface area contributed by atoms with Gasteiger partial charge in [0.25, 0.3) is 0 Å². The van der Waals surface area contributed by atoms with E-state index in [-0.39, 0.29) is 23.8 Å². The van der Waals surface area contributed by atoms with Crippen LogP contribution in [0.4, 0.5) is 0 Å². The molecule has 0 aromatic heterocycles. The molecular weight excluding hydrogens is 420 g/mol. The van der Waals surface area contributed by atoms with Gasteiger partial charge < -0.3 is 11.5 Å². The molecule has 2 heterocycles. The van der Waals surface area contributed by atoms with Gasteiger partial charge in [-0.25, -0.2) is 20.0 Å². The summed E-state index contributed by atoms with van der Waals surface area (Å²) in [6.07, 6.45) is -0.733. The molecule has 4 N–H and O–H groups in total. The molecular formula is C20H20N6O2S2. The van der Waals surface area contributed by atoms with Gasteiger partial charge in [-0.3, -0.25) is 9.59 Å². The zero-order chi connectivity index (χ0) is 21.1. The summed E-state index contributed by atoms with van der Waals surface area (Å²) >= 11 is 2.55. The minimum Gasteiger partial charge on any atom is -0.369 e. The number of fused-ring (bicyclic) bond motifs is 1. The first-order valence-corrected chi connectivity index (χ1v) is 11.2. The molecule has 2 aromatic carbocycles. The van der Waals surface area contributed by atoms with E-state index >= 15 is 0 Å². The van der Waals surface area contributed by atoms with Gasteiger partial charge in [0.05, 0.1) is 11.5 Å². The van der Waals surface area contributed by atoms with Gasteiger partial charge in [0.15, 0.2) is 22.7 Å². The Labute approximate surface area is 182 Å². The number of aliphatic imine (C=N–C) groups is 2. The van der Waals surface area contributed by atoms with Gasteiger partial charge in [-0.2, -0.15) is 0 Å². The number of amidine groups is 2. The fraction of sp³-hybridized carbons (Fsp3) is 0.200. The van der Waals surface area contributed by atoms with Crippen LogP contribution in [-0.2, 0) is 9.59 Å². The number of thioether (sulfide) groups is 2. The van der Waals surface area contributed by atoms with Crippen molar-refractivity contribution in [1.82, 2.24) is 10.0 Å². The third-order valence-electron chi connectivity index (χ3n) is 4.44. The van der Waals surface area contributed by atoms with Crippen LogP contribution < -0.4 is 11.5 Å². The first-order valence-electron chi connectivity index (χ1n) is 9.20. The molecule has 0 radical (unpaired) electrons. The van der Waals surface area contributed by atoms with Crippen molar-refractivity contribution >= 4 is 45.7 Å². The Morgan fingerprint density at radius 2 is 1.10 bits per heavy atom. The van der Waals surface area contributed by atoms with Crippen LogP contribution in [-0.4, -0.2) is 43.7 Å². The van der Waals surface area contributed by atoms with Gasteiger partial charge in [-0.15, -0.1) is 0 Å². The normalized spacial score (nSPS) is 20.0. The summed E-state index contributed by atoms with van der Waals surface area (Å²) < 4.78 is 0. The van der Waals surface area contributed by atoms with E-state index in [0.29, 0.717) is 10.3 Å². The van der Waals surface area contributed by atoms with Crippen LogP contribution in [0.2, 0.25) is 0 Å². The summed E-state index contributed by atoms with van der Waals surface area (Å²) in [4.78, 5) is 32.6. The molecule has 0 saturated heterocycles. The molecule has 0 spiro atoms. The van der Waals surface area contributed by atoms with Crippen LogP contribution >= 0.6 is 23.5 Å². The lowest BCUT2D eigenvalue weighted by atomic mass is 10.2. The fourth-order valence-corrected chi connectivity index (χ4v) is 4.76. The molecule has 2 amide bonds. The Balaban J connectivity index is 1.75. The second kappa shape index (κ2) is 8.80. The maximum absolute atomic E-state index is 11.4. The van der Waals surface area contributed by atoms with E-state index < -0.39 is 11.8 Å². The predicted molar refractivity (Wildman–Crippen MR) is 120 cm³/mol. The van der Waals surface area contributed by atoms with E-state index in [4.69, 9.17) is 21.5 Å². The lowest BCUT2D eigenvalue weighted by Gasteiger charge is -2.31. The Bertz CT molecular complexity index is 917. The lowest BCUT2D eigenvalue weighted by Crippen LogP contribution is -2.41. The van der Waals surface area contributed by atoms with E-state index in [1.54, 1.807) is 0 Å². The van der Waals surface area contributed by atoms with Crippen LogP contribution in [0.5, 0.6) is 0 Å². The Morgan fingerprint density at radius 3 is 1.43 bits per heavy atom. The summed E-state index contributed by atoms with van der Waals surface area (Å²) in [5.74, 6) is -0.624. The van der Waals surface area contributed by atoms with Crippen molar-refractivity contribution in [2.45, 2.75) is 12.3 Å². The zero-order valence-corrected chi connectivity index (χ0v) is 17.6. The van der Waals surface area contributed by atoms with E-state index in [9.17, 15) is 9.59 Å². The summed E-state index contributed by atoms with van der Waals surface area (Å²) in [5, 5.41) is 5.22. The SMILES string of the molecule is NC(=O)CSC1=N[C@@H](c2ccccc2)N2C(SCC(N)=O)=N[C@@H](c3ccccc3)N12. The molecule has 30 heavy (non-hydrogen) atoms. The molecule has 0 bridgehead atoms. The maximum Gasteiger partial charge on any atom is 0.227 e. The number of rotatable bonds is 6. The summed E-state index contributed by atoms with van der Waals surface area (Å²) in [7, 11) is 0. The number of nitrogens with zero attached hydrogens (tertiary/aromatic N) is 4. The molecule has 2 aliphatic rings. The van der Waals surface area contributed by atoms with Crippen molar-refractivity contribution < 1.29 is 9.59 Å². The molecule has 4 rings (SSSR count). The van der Waals surface area contributed by atoms with E-state index in [1.165, 1.54) is 23.5 Å². The highest BCUT2D eigenvalue weighted by molar-refractivity contribution is 8.14. The maximum atomic E-state index is 11.4. The number of primary amides is 2. The van der Waals surface area contributed by atoms with Crippen molar-refractivity contribution in [2.24, 2.45) is 21.5 Å². The van der Waals surface area contributed by atoms with Crippen LogP contribution in [0.25, 0.3) is 0 Å². The second-order valence-corrected chi connectivity index (χ2v) is 8.48. The van der Waals surface area contributed by atoms with Crippen LogP contribution in [0, 0.1) is 0 Å². The molecule has 8 nitrogen and oxygen atoms in total. The highest BCUT2D eigenvalue weighted by Crippen LogP contribution is 2.45. The van der Waals surface area contributed by atoms with Crippen LogP contribution in [0.15, 0.2) is 70.6 Å². The van der Waals surface area contributed by atoms with Crippen molar-refractivity contribution in [3.63, 3.8) is 0 Å². The van der Waals surface area contributed by atoms with Gasteiger partial charge in [0.2, 0.25) is 11.8 Å². The number of carbonyl (C=O) groups excluding carboxylic acids is 2. The fourth-order valence-electron chi connectivity index (χ4n) is 3.23. The van der Waals surface area contributed by atoms with E-state index in [1.807, 2.05) is 70.7 Å². The van der Waals surface area contributed by atoms with Crippen molar-refractivity contribution in [2.75, 3.05) is 11.5 Å². The first kappa shape index (κ1) is 20.3. The molecule has 0 aliphatic carbocycles. The van der Waals surface area contributed by atoms with Crippen molar-refractivity contribution in [3.05, 3.63) is 71.8 Å². The largest absolute Gasteiger partial charge is 0.369 e. The number of carbonyl (C=O) groups is 2. The average Bonchev–Trinajstić information content (AvgIpc) is 3.31. The number of amides is 2. The van der Waals surface area contributed by atoms with Crippen LogP contribution in [0.1, 0.15) is 23.5 Å². The topological polar surface area (TPSA) is 117 Å². The predicted octanol–water partition coefficient (Wildman–Crippen LogP) is 2.08. The molecule has 2 atom stereocenters. The number of benzene rings is 2. The van der Waals surface area contributed by atoms with Gasteiger partial charge in [-0.05, 0) is 11.1 Å². The zero-order valence-electron chi connectivity index (χ0n) is 15.9. The van der Waals surface area contributed by atoms with Crippen molar-refractivity contribution in [1.29, 1.82) is 0 Å². The standard InChI is InChI=1S/C20H20N6O2S2/c21-15(27)11-29-19-23-17(13-7-3-1-4-8-13)25-20(30-12-16(22)28)24-18(26(19)25)14-9-5-2-6-10-14/h1-10,17-18H,11-12H2,(H2,21,27)(H2,22,28)/t17-,18-/m1/s1. The number of hydrogen-bond donors (Lipinski definition) is 2. The highest BCUT2D eigenvalue weighted by atomic mass is 32.2.